The Labute approximate surface area is 69.2 Å². The Morgan fingerprint density at radius 3 is 3.17 bits per heavy atom. The number of pyridine rings is 1. The van der Waals surface area contributed by atoms with E-state index in [1.165, 1.54) is 6.20 Å². The molecule has 0 aliphatic rings. The van der Waals surface area contributed by atoms with Crippen LogP contribution < -0.4 is 0 Å². The van der Waals surface area contributed by atoms with Crippen LogP contribution in [0.15, 0.2) is 24.7 Å². The molecule has 0 fully saturated rings. The first-order valence-electron chi connectivity index (χ1n) is 3.44. The van der Waals surface area contributed by atoms with Gasteiger partial charge in [0.25, 0.3) is 0 Å². The van der Waals surface area contributed by atoms with E-state index in [9.17, 15) is 5.21 Å². The molecular weight excluding hydrogens is 152 g/mol. The number of hydrogen-bond donors (Lipinski definition) is 1. The van der Waals surface area contributed by atoms with Crippen molar-refractivity contribution in [3.8, 4) is 12.3 Å². The standard InChI is InChI=1S/C9H6N2O/c1-2-7-6-11(12)9-3-4-10-5-8(7)9/h1,3-6,12H. The highest BCUT2D eigenvalue weighted by atomic mass is 16.5. The Morgan fingerprint density at radius 1 is 1.58 bits per heavy atom. The van der Waals surface area contributed by atoms with Crippen molar-refractivity contribution in [2.24, 2.45) is 0 Å². The van der Waals surface area contributed by atoms with Crippen LogP contribution in [0.2, 0.25) is 0 Å². The molecule has 3 heteroatoms. The van der Waals surface area contributed by atoms with Crippen molar-refractivity contribution >= 4 is 10.9 Å². The highest BCUT2D eigenvalue weighted by molar-refractivity contribution is 5.85. The Balaban J connectivity index is 2.94. The van der Waals surface area contributed by atoms with E-state index in [2.05, 4.69) is 10.9 Å². The zero-order valence-electron chi connectivity index (χ0n) is 6.23. The van der Waals surface area contributed by atoms with Gasteiger partial charge in [0.15, 0.2) is 0 Å². The number of terminal acetylenes is 1. The molecule has 0 spiro atoms. The maximum atomic E-state index is 9.32. The third-order valence-corrected chi connectivity index (χ3v) is 1.74. The van der Waals surface area contributed by atoms with Gasteiger partial charge in [-0.25, -0.2) is 0 Å². The van der Waals surface area contributed by atoms with Crippen LogP contribution in [0, 0.1) is 12.3 Å². The Kier molecular flexibility index (Phi) is 1.28. The molecule has 0 aliphatic carbocycles. The molecule has 0 saturated carbocycles. The summed E-state index contributed by atoms with van der Waals surface area (Å²) in [6, 6.07) is 1.70. The van der Waals surface area contributed by atoms with Crippen LogP contribution in [0.1, 0.15) is 5.56 Å². The van der Waals surface area contributed by atoms with E-state index in [4.69, 9.17) is 6.42 Å². The van der Waals surface area contributed by atoms with Gasteiger partial charge >= 0.3 is 0 Å². The summed E-state index contributed by atoms with van der Waals surface area (Å²) in [5, 5.41) is 10.1. The van der Waals surface area contributed by atoms with Crippen LogP contribution in [0.5, 0.6) is 0 Å². The van der Waals surface area contributed by atoms with Crippen molar-refractivity contribution in [2.75, 3.05) is 0 Å². The number of fused-ring (bicyclic) bond motifs is 1. The molecule has 2 aromatic rings. The van der Waals surface area contributed by atoms with Crippen LogP contribution in [0.4, 0.5) is 0 Å². The zero-order valence-corrected chi connectivity index (χ0v) is 6.23. The van der Waals surface area contributed by atoms with Crippen LogP contribution >= 0.6 is 0 Å². The van der Waals surface area contributed by atoms with Crippen LogP contribution in [0.3, 0.4) is 0 Å². The van der Waals surface area contributed by atoms with Gasteiger partial charge in [0.1, 0.15) is 0 Å². The molecule has 0 atom stereocenters. The quantitative estimate of drug-likeness (QED) is 0.463. The topological polar surface area (TPSA) is 38.0 Å². The van der Waals surface area contributed by atoms with E-state index in [1.54, 1.807) is 18.5 Å². The Bertz CT molecular complexity index is 465. The number of nitrogens with zero attached hydrogens (tertiary/aromatic N) is 2. The largest absolute Gasteiger partial charge is 0.428 e. The second-order valence-corrected chi connectivity index (χ2v) is 2.42. The van der Waals surface area contributed by atoms with E-state index in [0.717, 1.165) is 10.1 Å². The van der Waals surface area contributed by atoms with Crippen molar-refractivity contribution in [1.82, 2.24) is 9.71 Å². The van der Waals surface area contributed by atoms with Gasteiger partial charge in [0, 0.05) is 17.8 Å². The van der Waals surface area contributed by atoms with Gasteiger partial charge < -0.3 is 5.21 Å². The first kappa shape index (κ1) is 6.74. The Hall–Kier alpha value is -1.95. The monoisotopic (exact) mass is 158 g/mol. The molecule has 0 bridgehead atoms. The molecule has 3 nitrogen and oxygen atoms in total. The fraction of sp³-hybridized carbons (Fsp3) is 0. The van der Waals surface area contributed by atoms with E-state index in [-0.39, 0.29) is 0 Å². The molecule has 2 heterocycles. The van der Waals surface area contributed by atoms with Crippen LogP contribution in [-0.2, 0) is 0 Å². The zero-order chi connectivity index (χ0) is 8.55. The second-order valence-electron chi connectivity index (χ2n) is 2.42. The lowest BCUT2D eigenvalue weighted by atomic mass is 10.2. The number of hydrogen-bond acceptors (Lipinski definition) is 2. The summed E-state index contributed by atoms with van der Waals surface area (Å²) in [4.78, 5) is 3.91. The average Bonchev–Trinajstić information content (AvgIpc) is 2.44. The van der Waals surface area contributed by atoms with E-state index in [0.29, 0.717) is 11.1 Å². The van der Waals surface area contributed by atoms with Gasteiger partial charge in [-0.05, 0) is 6.07 Å². The summed E-state index contributed by atoms with van der Waals surface area (Å²) >= 11 is 0. The van der Waals surface area contributed by atoms with Crippen molar-refractivity contribution in [3.63, 3.8) is 0 Å². The number of aromatic nitrogens is 2. The minimum Gasteiger partial charge on any atom is -0.428 e. The molecule has 58 valence electrons. The summed E-state index contributed by atoms with van der Waals surface area (Å²) in [6.45, 7) is 0. The maximum Gasteiger partial charge on any atom is 0.0909 e. The third-order valence-electron chi connectivity index (χ3n) is 1.74. The van der Waals surface area contributed by atoms with Crippen molar-refractivity contribution in [1.29, 1.82) is 0 Å². The summed E-state index contributed by atoms with van der Waals surface area (Å²) in [5.74, 6) is 2.47. The molecule has 0 radical (unpaired) electrons. The lowest BCUT2D eigenvalue weighted by Gasteiger charge is -1.90. The molecule has 0 aromatic carbocycles. The van der Waals surface area contributed by atoms with Gasteiger partial charge in [-0.15, -0.1) is 6.42 Å². The fourth-order valence-corrected chi connectivity index (χ4v) is 1.17. The predicted molar refractivity (Wildman–Crippen MR) is 44.9 cm³/mol. The second kappa shape index (κ2) is 2.28. The van der Waals surface area contributed by atoms with Gasteiger partial charge in [-0.3, -0.25) is 4.98 Å². The molecule has 0 unspecified atom stereocenters. The molecule has 12 heavy (non-hydrogen) atoms. The van der Waals surface area contributed by atoms with E-state index >= 15 is 0 Å². The van der Waals surface area contributed by atoms with E-state index < -0.39 is 0 Å². The molecule has 0 amide bonds. The van der Waals surface area contributed by atoms with Crippen molar-refractivity contribution in [2.45, 2.75) is 0 Å². The molecular formula is C9H6N2O. The van der Waals surface area contributed by atoms with Crippen molar-refractivity contribution in [3.05, 3.63) is 30.2 Å². The minimum absolute atomic E-state index is 0.653. The number of rotatable bonds is 0. The van der Waals surface area contributed by atoms with Gasteiger partial charge in [0.05, 0.1) is 17.3 Å². The van der Waals surface area contributed by atoms with E-state index in [1.807, 2.05) is 0 Å². The van der Waals surface area contributed by atoms with Crippen LogP contribution in [0.25, 0.3) is 10.9 Å². The van der Waals surface area contributed by atoms with Gasteiger partial charge in [-0.1, -0.05) is 5.92 Å². The lowest BCUT2D eigenvalue weighted by molar-refractivity contribution is 0.200. The molecule has 0 aliphatic heterocycles. The first-order valence-corrected chi connectivity index (χ1v) is 3.44. The predicted octanol–water partition coefficient (Wildman–Crippen LogP) is 1.25. The normalized spacial score (nSPS) is 9.92. The fourth-order valence-electron chi connectivity index (χ4n) is 1.17. The first-order chi connectivity index (χ1) is 5.83. The SMILES string of the molecule is C#Cc1cn(O)c2ccncc12. The molecule has 0 saturated heterocycles. The van der Waals surface area contributed by atoms with Gasteiger partial charge in [0.2, 0.25) is 0 Å². The Morgan fingerprint density at radius 2 is 2.42 bits per heavy atom. The summed E-state index contributed by atoms with van der Waals surface area (Å²) in [5.41, 5.74) is 1.33. The average molecular weight is 158 g/mol. The van der Waals surface area contributed by atoms with Gasteiger partial charge in [-0.2, -0.15) is 4.73 Å². The molecule has 1 N–H and O–H groups in total. The third kappa shape index (κ3) is 0.753. The highest BCUT2D eigenvalue weighted by Gasteiger charge is 2.04. The highest BCUT2D eigenvalue weighted by Crippen LogP contribution is 2.17. The summed E-state index contributed by atoms with van der Waals surface area (Å²) in [6.07, 6.45) is 9.96. The summed E-state index contributed by atoms with van der Waals surface area (Å²) in [7, 11) is 0. The van der Waals surface area contributed by atoms with Crippen LogP contribution in [-0.4, -0.2) is 14.9 Å². The maximum absolute atomic E-state index is 9.32. The summed E-state index contributed by atoms with van der Waals surface area (Å²) < 4.78 is 1.01. The minimum atomic E-state index is 0.653. The smallest absolute Gasteiger partial charge is 0.0909 e. The molecule has 2 aromatic heterocycles. The molecule has 2 rings (SSSR count). The van der Waals surface area contributed by atoms with Crippen molar-refractivity contribution < 1.29 is 5.21 Å². The lowest BCUT2D eigenvalue weighted by Crippen LogP contribution is -1.84.